The van der Waals surface area contributed by atoms with E-state index in [0.29, 0.717) is 0 Å². The number of esters is 1. The van der Waals surface area contributed by atoms with Gasteiger partial charge in [-0.25, -0.2) is 4.79 Å². The maximum Gasteiger partial charge on any atom is 0.409 e. The first-order chi connectivity index (χ1) is 19.1. The van der Waals surface area contributed by atoms with Crippen LogP contribution in [0.1, 0.15) is 41.4 Å². The van der Waals surface area contributed by atoms with E-state index >= 15 is 0 Å². The van der Waals surface area contributed by atoms with E-state index in [2.05, 4.69) is 0 Å². The summed E-state index contributed by atoms with van der Waals surface area (Å²) in [6.07, 6.45) is -1.52. The summed E-state index contributed by atoms with van der Waals surface area (Å²) in [6, 6.07) is 23.4. The summed E-state index contributed by atoms with van der Waals surface area (Å²) in [5, 5.41) is -0.435. The molecular weight excluding hydrogens is 524 g/mol. The molecule has 1 heterocycles. The first-order valence-corrected chi connectivity index (χ1v) is 14.3. The fourth-order valence-corrected chi connectivity index (χ4v) is 5.73. The van der Waals surface area contributed by atoms with Crippen LogP contribution in [0.5, 0.6) is 0 Å². The van der Waals surface area contributed by atoms with E-state index in [4.69, 9.17) is 9.47 Å². The molecule has 4 rings (SSSR count). The number of nitrogens with zero attached hydrogens (tertiary/aromatic N) is 2. The number of amides is 2. The van der Waals surface area contributed by atoms with E-state index in [1.54, 1.807) is 25.8 Å². The SMILES string of the molecule is Cc1ccc(C2Sc3cc(C)ccc3N(CCN(C)C(=O)OCc3ccccc3)C(=O)C2OC(=O)C(C)C)cc1. The lowest BCUT2D eigenvalue weighted by Gasteiger charge is -2.29. The maximum absolute atomic E-state index is 14.2. The zero-order chi connectivity index (χ0) is 28.8. The largest absolute Gasteiger partial charge is 0.450 e. The smallest absolute Gasteiger partial charge is 0.409 e. The molecule has 2 unspecified atom stereocenters. The van der Waals surface area contributed by atoms with Crippen molar-refractivity contribution in [1.82, 2.24) is 4.90 Å². The molecule has 0 fully saturated rings. The average molecular weight is 561 g/mol. The number of carbonyl (C=O) groups is 3. The molecule has 3 aromatic rings. The molecule has 2 amide bonds. The summed E-state index contributed by atoms with van der Waals surface area (Å²) in [4.78, 5) is 43.7. The van der Waals surface area contributed by atoms with E-state index in [9.17, 15) is 14.4 Å². The van der Waals surface area contributed by atoms with Crippen LogP contribution in [0.2, 0.25) is 0 Å². The van der Waals surface area contributed by atoms with Crippen molar-refractivity contribution in [2.75, 3.05) is 25.0 Å². The van der Waals surface area contributed by atoms with Gasteiger partial charge in [0.15, 0.2) is 6.10 Å². The molecule has 0 aromatic heterocycles. The Hall–Kier alpha value is -3.78. The quantitative estimate of drug-likeness (QED) is 0.300. The molecule has 0 N–H and O–H groups in total. The van der Waals surface area contributed by atoms with Gasteiger partial charge < -0.3 is 19.3 Å². The third-order valence-corrected chi connectivity index (χ3v) is 8.09. The van der Waals surface area contributed by atoms with Gasteiger partial charge in [-0.15, -0.1) is 11.8 Å². The summed E-state index contributed by atoms with van der Waals surface area (Å²) >= 11 is 1.52. The normalized spacial score (nSPS) is 16.8. The van der Waals surface area contributed by atoms with Crippen molar-refractivity contribution in [2.45, 2.75) is 50.6 Å². The number of likely N-dealkylation sites (N-methyl/N-ethyl adjacent to an activating group) is 1. The van der Waals surface area contributed by atoms with Gasteiger partial charge in [0, 0.05) is 25.0 Å². The molecule has 0 radical (unpaired) electrons. The van der Waals surface area contributed by atoms with E-state index < -0.39 is 23.4 Å². The Balaban J connectivity index is 1.61. The molecule has 8 heteroatoms. The van der Waals surface area contributed by atoms with Gasteiger partial charge in [-0.1, -0.05) is 80.1 Å². The third-order valence-electron chi connectivity index (χ3n) is 6.74. The molecule has 7 nitrogen and oxygen atoms in total. The Kier molecular flexibility index (Phi) is 9.53. The Morgan fingerprint density at radius 3 is 2.33 bits per heavy atom. The summed E-state index contributed by atoms with van der Waals surface area (Å²) in [5.41, 5.74) is 4.68. The topological polar surface area (TPSA) is 76.2 Å². The van der Waals surface area contributed by atoms with Crippen molar-refractivity contribution >= 4 is 35.4 Å². The van der Waals surface area contributed by atoms with Crippen molar-refractivity contribution < 1.29 is 23.9 Å². The summed E-state index contributed by atoms with van der Waals surface area (Å²) < 4.78 is 11.4. The predicted molar refractivity (Wildman–Crippen MR) is 157 cm³/mol. The molecule has 0 bridgehead atoms. The van der Waals surface area contributed by atoms with Crippen LogP contribution in [0, 0.1) is 19.8 Å². The Bertz CT molecular complexity index is 1340. The predicted octanol–water partition coefficient (Wildman–Crippen LogP) is 6.32. The van der Waals surface area contributed by atoms with Gasteiger partial charge in [0.1, 0.15) is 6.61 Å². The molecule has 1 aliphatic rings. The zero-order valence-electron chi connectivity index (χ0n) is 23.6. The number of hydrogen-bond donors (Lipinski definition) is 0. The average Bonchev–Trinajstić information content (AvgIpc) is 3.05. The monoisotopic (exact) mass is 560 g/mol. The second-order valence-electron chi connectivity index (χ2n) is 10.4. The molecule has 3 aromatic carbocycles. The fraction of sp³-hybridized carbons (Fsp3) is 0.344. The van der Waals surface area contributed by atoms with Crippen molar-refractivity contribution in [3.8, 4) is 0 Å². The number of fused-ring (bicyclic) bond motifs is 1. The van der Waals surface area contributed by atoms with Crippen molar-refractivity contribution in [2.24, 2.45) is 5.92 Å². The number of ether oxygens (including phenoxy) is 2. The highest BCUT2D eigenvalue weighted by molar-refractivity contribution is 7.99. The minimum Gasteiger partial charge on any atom is -0.450 e. The summed E-state index contributed by atoms with van der Waals surface area (Å²) in [5.74, 6) is -1.14. The molecule has 0 saturated heterocycles. The van der Waals surface area contributed by atoms with E-state index in [1.807, 2.05) is 86.6 Å². The van der Waals surface area contributed by atoms with Gasteiger partial charge >= 0.3 is 12.1 Å². The van der Waals surface area contributed by atoms with Crippen LogP contribution in [0.4, 0.5) is 10.5 Å². The molecule has 0 aliphatic carbocycles. The van der Waals surface area contributed by atoms with E-state index in [1.165, 1.54) is 16.7 Å². The lowest BCUT2D eigenvalue weighted by Crippen LogP contribution is -2.46. The number of anilines is 1. The lowest BCUT2D eigenvalue weighted by atomic mass is 10.0. The highest BCUT2D eigenvalue weighted by atomic mass is 32.2. The number of aryl methyl sites for hydroxylation is 2. The molecule has 210 valence electrons. The second kappa shape index (κ2) is 13.0. The van der Waals surface area contributed by atoms with Crippen LogP contribution in [0.15, 0.2) is 77.7 Å². The number of hydrogen-bond acceptors (Lipinski definition) is 6. The first kappa shape index (κ1) is 29.2. The van der Waals surface area contributed by atoms with Crippen molar-refractivity contribution in [3.63, 3.8) is 0 Å². The van der Waals surface area contributed by atoms with Gasteiger partial charge in [0.05, 0.1) is 16.9 Å². The number of carbonyl (C=O) groups excluding carboxylic acids is 3. The summed E-state index contributed by atoms with van der Waals surface area (Å²) in [6.45, 7) is 8.13. The van der Waals surface area contributed by atoms with Gasteiger partial charge in [-0.3, -0.25) is 9.59 Å². The van der Waals surface area contributed by atoms with Crippen LogP contribution >= 0.6 is 11.8 Å². The fourth-order valence-electron chi connectivity index (χ4n) is 4.31. The Morgan fingerprint density at radius 1 is 0.975 bits per heavy atom. The number of benzene rings is 3. The maximum atomic E-state index is 14.2. The molecule has 2 atom stereocenters. The number of rotatable bonds is 8. The second-order valence-corrected chi connectivity index (χ2v) is 11.6. The van der Waals surface area contributed by atoms with E-state index in [-0.39, 0.29) is 31.5 Å². The highest BCUT2D eigenvalue weighted by Crippen LogP contribution is 2.47. The van der Waals surface area contributed by atoms with Crippen LogP contribution in [-0.2, 0) is 25.7 Å². The van der Waals surface area contributed by atoms with Crippen LogP contribution < -0.4 is 4.90 Å². The first-order valence-electron chi connectivity index (χ1n) is 13.4. The standard InChI is InChI=1S/C32H36N2O5S/c1-21(2)31(36)39-28-29(25-14-11-22(3)12-15-25)40-27-19-23(4)13-16-26(27)34(30(28)35)18-17-33(5)32(37)38-20-24-9-7-6-8-10-24/h6-16,19,21,28-29H,17-18,20H2,1-5H3. The number of thioether (sulfide) groups is 1. The van der Waals surface area contributed by atoms with Crippen LogP contribution in [0.3, 0.4) is 0 Å². The van der Waals surface area contributed by atoms with Gasteiger partial charge in [0.25, 0.3) is 5.91 Å². The highest BCUT2D eigenvalue weighted by Gasteiger charge is 2.41. The van der Waals surface area contributed by atoms with Gasteiger partial charge in [-0.05, 0) is 42.7 Å². The lowest BCUT2D eigenvalue weighted by molar-refractivity contribution is -0.158. The minimum atomic E-state index is -1.04. The Morgan fingerprint density at radius 2 is 1.65 bits per heavy atom. The molecule has 1 aliphatic heterocycles. The zero-order valence-corrected chi connectivity index (χ0v) is 24.4. The molecular formula is C32H36N2O5S. The van der Waals surface area contributed by atoms with Gasteiger partial charge in [0.2, 0.25) is 0 Å². The van der Waals surface area contributed by atoms with Crippen LogP contribution in [0.25, 0.3) is 0 Å². The van der Waals surface area contributed by atoms with Crippen LogP contribution in [-0.4, -0.2) is 49.1 Å². The molecule has 0 saturated carbocycles. The Labute approximate surface area is 240 Å². The van der Waals surface area contributed by atoms with E-state index in [0.717, 1.165) is 32.8 Å². The molecule has 0 spiro atoms. The minimum absolute atomic E-state index is 0.164. The molecule has 40 heavy (non-hydrogen) atoms. The van der Waals surface area contributed by atoms with Crippen molar-refractivity contribution in [1.29, 1.82) is 0 Å². The third kappa shape index (κ3) is 7.04. The van der Waals surface area contributed by atoms with Gasteiger partial charge in [-0.2, -0.15) is 0 Å². The summed E-state index contributed by atoms with van der Waals surface area (Å²) in [7, 11) is 1.64. The van der Waals surface area contributed by atoms with Crippen molar-refractivity contribution in [3.05, 3.63) is 95.1 Å².